The molecule has 162 valence electrons. The third-order valence-electron chi connectivity index (χ3n) is 6.65. The van der Waals surface area contributed by atoms with Crippen molar-refractivity contribution in [1.82, 2.24) is 9.88 Å². The summed E-state index contributed by atoms with van der Waals surface area (Å²) < 4.78 is 12.8. The quantitative estimate of drug-likeness (QED) is 0.688. The van der Waals surface area contributed by atoms with E-state index in [9.17, 15) is 9.59 Å². The molecule has 0 bridgehead atoms. The number of carbonyl (C=O) groups excluding carboxylic acids is 2. The Kier molecular flexibility index (Phi) is 4.76. The Morgan fingerprint density at radius 2 is 2.00 bits per heavy atom. The van der Waals surface area contributed by atoms with Crippen molar-refractivity contribution in [1.29, 1.82) is 0 Å². The maximum Gasteiger partial charge on any atom is 0.276 e. The third-order valence-corrected chi connectivity index (χ3v) is 6.65. The predicted molar refractivity (Wildman–Crippen MR) is 117 cm³/mol. The maximum absolute atomic E-state index is 13.7. The van der Waals surface area contributed by atoms with E-state index in [-0.39, 0.29) is 17.9 Å². The van der Waals surface area contributed by atoms with Crippen LogP contribution in [-0.2, 0) is 11.3 Å². The summed E-state index contributed by atoms with van der Waals surface area (Å²) in [4.78, 5) is 29.1. The molecule has 0 unspecified atom stereocenters. The van der Waals surface area contributed by atoms with E-state index in [1.165, 1.54) is 6.42 Å². The Hall–Kier alpha value is -3.22. The number of methoxy groups -OCH3 is 1. The number of aromatic nitrogens is 1. The number of fused-ring (bicyclic) bond motifs is 3. The zero-order chi connectivity index (χ0) is 21.6. The predicted octanol–water partition coefficient (Wildman–Crippen LogP) is 4.11. The molecule has 1 aliphatic carbocycles. The number of hydrogen-bond acceptors (Lipinski definition) is 4. The highest BCUT2D eigenvalue weighted by Gasteiger charge is 2.49. The molecule has 1 N–H and O–H groups in total. The minimum Gasteiger partial charge on any atom is -0.497 e. The Morgan fingerprint density at radius 3 is 2.77 bits per heavy atom. The molecule has 1 aliphatic heterocycles. The largest absolute Gasteiger partial charge is 0.497 e. The van der Waals surface area contributed by atoms with Crippen LogP contribution in [0, 0.1) is 0 Å². The number of furan rings is 1. The normalized spacial score (nSPS) is 21.9. The van der Waals surface area contributed by atoms with Gasteiger partial charge >= 0.3 is 0 Å². The standard InChI is InChI=1S/C24H27N3O4/c1-24(23(29)25-16-7-4-3-5-8-16)15-26-19-11-12-31-21(19)14-20(26)22(28)27(24)17-9-6-10-18(13-17)30-2/h6,9-14,16H,3-5,7-8,15H2,1-2H3,(H,25,29)/t24-/m0/s1. The summed E-state index contributed by atoms with van der Waals surface area (Å²) in [6.07, 6.45) is 7.03. The van der Waals surface area contributed by atoms with Gasteiger partial charge in [-0.25, -0.2) is 0 Å². The van der Waals surface area contributed by atoms with Gasteiger partial charge in [-0.15, -0.1) is 0 Å². The van der Waals surface area contributed by atoms with Crippen LogP contribution in [0.15, 0.2) is 47.1 Å². The van der Waals surface area contributed by atoms with Gasteiger partial charge in [-0.05, 0) is 31.9 Å². The summed E-state index contributed by atoms with van der Waals surface area (Å²) in [5, 5.41) is 3.24. The molecule has 1 saturated carbocycles. The van der Waals surface area contributed by atoms with Gasteiger partial charge in [0.25, 0.3) is 5.91 Å². The first-order valence-electron chi connectivity index (χ1n) is 10.9. The molecule has 31 heavy (non-hydrogen) atoms. The van der Waals surface area contributed by atoms with E-state index >= 15 is 0 Å². The number of nitrogens with zero attached hydrogens (tertiary/aromatic N) is 2. The molecule has 5 rings (SSSR count). The molecule has 2 aromatic heterocycles. The van der Waals surface area contributed by atoms with Gasteiger partial charge in [0.2, 0.25) is 5.91 Å². The van der Waals surface area contributed by atoms with Crippen LogP contribution in [0.5, 0.6) is 5.75 Å². The van der Waals surface area contributed by atoms with E-state index in [1.54, 1.807) is 30.4 Å². The van der Waals surface area contributed by atoms with Gasteiger partial charge in [-0.2, -0.15) is 0 Å². The molecule has 1 fully saturated rings. The summed E-state index contributed by atoms with van der Waals surface area (Å²) in [7, 11) is 1.59. The van der Waals surface area contributed by atoms with E-state index in [1.807, 2.05) is 35.8 Å². The topological polar surface area (TPSA) is 76.7 Å². The highest BCUT2D eigenvalue weighted by atomic mass is 16.5. The lowest BCUT2D eigenvalue weighted by Gasteiger charge is -2.44. The van der Waals surface area contributed by atoms with Gasteiger partial charge in [-0.3, -0.25) is 14.5 Å². The van der Waals surface area contributed by atoms with Crippen molar-refractivity contribution in [3.63, 3.8) is 0 Å². The number of hydrogen-bond donors (Lipinski definition) is 1. The second-order valence-corrected chi connectivity index (χ2v) is 8.71. The van der Waals surface area contributed by atoms with E-state index in [4.69, 9.17) is 9.15 Å². The van der Waals surface area contributed by atoms with Gasteiger partial charge in [0.1, 0.15) is 17.0 Å². The molecule has 7 nitrogen and oxygen atoms in total. The molecule has 3 aromatic rings. The number of ether oxygens (including phenoxy) is 1. The van der Waals surface area contributed by atoms with Gasteiger partial charge in [0.15, 0.2) is 5.58 Å². The second-order valence-electron chi connectivity index (χ2n) is 8.71. The summed E-state index contributed by atoms with van der Waals surface area (Å²) in [5.41, 5.74) is 1.52. The number of rotatable bonds is 4. The van der Waals surface area contributed by atoms with Crippen LogP contribution >= 0.6 is 0 Å². The van der Waals surface area contributed by atoms with Crippen molar-refractivity contribution in [2.45, 2.75) is 57.2 Å². The minimum absolute atomic E-state index is 0.133. The average Bonchev–Trinajstić information content (AvgIpc) is 3.37. The van der Waals surface area contributed by atoms with Crippen LogP contribution in [0.2, 0.25) is 0 Å². The average molecular weight is 421 g/mol. The van der Waals surface area contributed by atoms with E-state index < -0.39 is 5.54 Å². The highest BCUT2D eigenvalue weighted by Crippen LogP contribution is 2.37. The molecular formula is C24H27N3O4. The highest BCUT2D eigenvalue weighted by molar-refractivity contribution is 6.13. The van der Waals surface area contributed by atoms with Gasteiger partial charge in [0, 0.05) is 29.9 Å². The van der Waals surface area contributed by atoms with Crippen molar-refractivity contribution in [2.24, 2.45) is 0 Å². The fourth-order valence-electron chi connectivity index (χ4n) is 4.95. The third kappa shape index (κ3) is 3.19. The van der Waals surface area contributed by atoms with Crippen molar-refractivity contribution >= 4 is 28.6 Å². The Bertz CT molecular complexity index is 1140. The molecule has 0 radical (unpaired) electrons. The van der Waals surface area contributed by atoms with Gasteiger partial charge in [-0.1, -0.05) is 25.3 Å². The Balaban J connectivity index is 1.60. The second kappa shape index (κ2) is 7.48. The molecule has 2 amide bonds. The lowest BCUT2D eigenvalue weighted by atomic mass is 9.91. The van der Waals surface area contributed by atoms with Gasteiger partial charge in [0.05, 0.1) is 25.4 Å². The van der Waals surface area contributed by atoms with Crippen LogP contribution in [0.4, 0.5) is 5.69 Å². The van der Waals surface area contributed by atoms with Crippen molar-refractivity contribution in [2.75, 3.05) is 12.0 Å². The SMILES string of the molecule is COc1cccc(N2C(=O)c3cc4occc4n3C[C@@]2(C)C(=O)NC2CCCCC2)c1. The van der Waals surface area contributed by atoms with Crippen molar-refractivity contribution in [3.8, 4) is 5.75 Å². The minimum atomic E-state index is -1.10. The van der Waals surface area contributed by atoms with Gasteiger partial charge < -0.3 is 19.0 Å². The zero-order valence-electron chi connectivity index (χ0n) is 17.9. The lowest BCUT2D eigenvalue weighted by molar-refractivity contribution is -0.127. The lowest BCUT2D eigenvalue weighted by Crippen LogP contribution is -2.65. The van der Waals surface area contributed by atoms with Crippen LogP contribution in [0.25, 0.3) is 11.1 Å². The Labute approximate surface area is 180 Å². The molecule has 0 saturated heterocycles. The number of anilines is 1. The van der Waals surface area contributed by atoms with Crippen LogP contribution in [0.1, 0.15) is 49.5 Å². The first kappa shape index (κ1) is 19.7. The van der Waals surface area contributed by atoms with Crippen LogP contribution in [-0.4, -0.2) is 35.1 Å². The fraction of sp³-hybridized carbons (Fsp3) is 0.417. The molecular weight excluding hydrogens is 394 g/mol. The van der Waals surface area contributed by atoms with Crippen molar-refractivity contribution in [3.05, 3.63) is 48.4 Å². The molecule has 3 heterocycles. The number of amides is 2. The molecule has 7 heteroatoms. The fourth-order valence-corrected chi connectivity index (χ4v) is 4.95. The van der Waals surface area contributed by atoms with E-state index in [0.29, 0.717) is 29.3 Å². The summed E-state index contributed by atoms with van der Waals surface area (Å²) in [5.74, 6) is 0.272. The first-order chi connectivity index (χ1) is 15.0. The zero-order valence-corrected chi connectivity index (χ0v) is 17.9. The number of nitrogens with one attached hydrogen (secondary N) is 1. The summed E-state index contributed by atoms with van der Waals surface area (Å²) in [6.45, 7) is 2.18. The maximum atomic E-state index is 13.7. The smallest absolute Gasteiger partial charge is 0.276 e. The Morgan fingerprint density at radius 1 is 1.19 bits per heavy atom. The van der Waals surface area contributed by atoms with E-state index in [2.05, 4.69) is 5.32 Å². The number of carbonyl (C=O) groups is 2. The number of benzene rings is 1. The molecule has 1 aromatic carbocycles. The first-order valence-corrected chi connectivity index (χ1v) is 10.9. The monoisotopic (exact) mass is 421 g/mol. The molecule has 0 spiro atoms. The molecule has 2 aliphatic rings. The van der Waals surface area contributed by atoms with Crippen LogP contribution < -0.4 is 15.0 Å². The van der Waals surface area contributed by atoms with Crippen molar-refractivity contribution < 1.29 is 18.7 Å². The van der Waals surface area contributed by atoms with Crippen LogP contribution in [0.3, 0.4) is 0 Å². The van der Waals surface area contributed by atoms with E-state index in [0.717, 1.165) is 31.2 Å². The summed E-state index contributed by atoms with van der Waals surface area (Å²) >= 11 is 0. The molecule has 1 atom stereocenters. The summed E-state index contributed by atoms with van der Waals surface area (Å²) in [6, 6.07) is 11.0.